The summed E-state index contributed by atoms with van der Waals surface area (Å²) in [4.78, 5) is 16.6. The molecule has 6 heteroatoms. The van der Waals surface area contributed by atoms with E-state index in [1.165, 1.54) is 12.8 Å². The van der Waals surface area contributed by atoms with Crippen molar-refractivity contribution in [2.24, 2.45) is 7.05 Å². The zero-order valence-corrected chi connectivity index (χ0v) is 16.1. The van der Waals surface area contributed by atoms with E-state index in [1.807, 2.05) is 54.5 Å². The van der Waals surface area contributed by atoms with Crippen LogP contribution in [-0.4, -0.2) is 25.2 Å². The summed E-state index contributed by atoms with van der Waals surface area (Å²) >= 11 is 0. The predicted octanol–water partition coefficient (Wildman–Crippen LogP) is 4.42. The topological polar surface area (TPSA) is 64.7 Å². The van der Waals surface area contributed by atoms with Gasteiger partial charge in [-0.1, -0.05) is 0 Å². The Hall–Kier alpha value is -3.67. The minimum absolute atomic E-state index is 0.177. The number of benzene rings is 1. The molecule has 5 rings (SSSR count). The lowest BCUT2D eigenvalue weighted by Crippen LogP contribution is -2.07. The van der Waals surface area contributed by atoms with E-state index in [1.54, 1.807) is 24.5 Å². The van der Waals surface area contributed by atoms with E-state index in [4.69, 9.17) is 0 Å². The molecule has 0 atom stereocenters. The third kappa shape index (κ3) is 3.57. The molecule has 1 saturated carbocycles. The minimum atomic E-state index is -0.177. The number of nitrogens with one attached hydrogen (secondary N) is 1. The Bertz CT molecular complexity index is 1230. The zero-order valence-electron chi connectivity index (χ0n) is 16.1. The Kier molecular flexibility index (Phi) is 4.24. The van der Waals surface area contributed by atoms with Crippen molar-refractivity contribution in [2.75, 3.05) is 5.32 Å². The molecule has 3 aromatic heterocycles. The van der Waals surface area contributed by atoms with Crippen molar-refractivity contribution in [3.05, 3.63) is 73.0 Å². The Morgan fingerprint density at radius 1 is 1.21 bits per heavy atom. The van der Waals surface area contributed by atoms with Gasteiger partial charge in [0.1, 0.15) is 0 Å². The number of hydrogen-bond acceptors (Lipinski definition) is 3. The number of pyridine rings is 1. The predicted molar refractivity (Wildman–Crippen MR) is 114 cm³/mol. The summed E-state index contributed by atoms with van der Waals surface area (Å²) in [6.45, 7) is 0. The van der Waals surface area contributed by atoms with Gasteiger partial charge in [-0.3, -0.25) is 14.5 Å². The maximum absolute atomic E-state index is 12.4. The maximum atomic E-state index is 12.4. The molecule has 0 saturated heterocycles. The molecule has 1 amide bonds. The van der Waals surface area contributed by atoms with Gasteiger partial charge in [0.2, 0.25) is 5.91 Å². The second-order valence-electron chi connectivity index (χ2n) is 7.43. The van der Waals surface area contributed by atoms with Gasteiger partial charge in [0.15, 0.2) is 0 Å². The SMILES string of the molecule is Cn1ccc2cc(NC(=O)/C=C/c3cnccc3-c3cnn(C4CC4)c3)ccc21. The summed E-state index contributed by atoms with van der Waals surface area (Å²) in [7, 11) is 2.00. The first-order valence-corrected chi connectivity index (χ1v) is 9.70. The highest BCUT2D eigenvalue weighted by molar-refractivity contribution is 6.03. The van der Waals surface area contributed by atoms with Gasteiger partial charge < -0.3 is 9.88 Å². The van der Waals surface area contributed by atoms with Crippen molar-refractivity contribution < 1.29 is 4.79 Å². The molecule has 29 heavy (non-hydrogen) atoms. The fraction of sp³-hybridized carbons (Fsp3) is 0.174. The van der Waals surface area contributed by atoms with Crippen LogP contribution in [0, 0.1) is 0 Å². The molecule has 144 valence electrons. The van der Waals surface area contributed by atoms with E-state index in [0.29, 0.717) is 6.04 Å². The van der Waals surface area contributed by atoms with Gasteiger partial charge in [0.25, 0.3) is 0 Å². The average molecular weight is 383 g/mol. The van der Waals surface area contributed by atoms with Gasteiger partial charge in [-0.05, 0) is 54.8 Å². The molecule has 1 fully saturated rings. The Labute approximate surface area is 168 Å². The molecule has 0 radical (unpaired) electrons. The van der Waals surface area contributed by atoms with Crippen LogP contribution in [0.4, 0.5) is 5.69 Å². The van der Waals surface area contributed by atoms with E-state index < -0.39 is 0 Å². The molecule has 0 bridgehead atoms. The maximum Gasteiger partial charge on any atom is 0.248 e. The second-order valence-corrected chi connectivity index (χ2v) is 7.43. The highest BCUT2D eigenvalue weighted by Gasteiger charge is 2.24. The summed E-state index contributed by atoms with van der Waals surface area (Å²) in [5.41, 5.74) is 4.84. The number of carbonyl (C=O) groups is 1. The van der Waals surface area contributed by atoms with Gasteiger partial charge >= 0.3 is 0 Å². The molecule has 4 aromatic rings. The van der Waals surface area contributed by atoms with Crippen molar-refractivity contribution >= 4 is 28.6 Å². The normalized spacial score (nSPS) is 14.0. The third-order valence-corrected chi connectivity index (χ3v) is 5.25. The van der Waals surface area contributed by atoms with Crippen molar-refractivity contribution in [3.63, 3.8) is 0 Å². The van der Waals surface area contributed by atoms with E-state index in [2.05, 4.69) is 26.2 Å². The number of rotatable bonds is 5. The Balaban J connectivity index is 1.34. The van der Waals surface area contributed by atoms with Gasteiger partial charge in [0, 0.05) is 65.6 Å². The third-order valence-electron chi connectivity index (χ3n) is 5.25. The Morgan fingerprint density at radius 3 is 2.97 bits per heavy atom. The summed E-state index contributed by atoms with van der Waals surface area (Å²) in [6.07, 6.45) is 15.2. The smallest absolute Gasteiger partial charge is 0.248 e. The van der Waals surface area contributed by atoms with E-state index in [9.17, 15) is 4.79 Å². The number of hydrogen-bond donors (Lipinski definition) is 1. The van der Waals surface area contributed by atoms with Crippen LogP contribution in [0.15, 0.2) is 67.4 Å². The van der Waals surface area contributed by atoms with E-state index >= 15 is 0 Å². The lowest BCUT2D eigenvalue weighted by atomic mass is 10.0. The number of nitrogens with zero attached hydrogens (tertiary/aromatic N) is 4. The summed E-state index contributed by atoms with van der Waals surface area (Å²) in [5.74, 6) is -0.177. The first-order chi connectivity index (χ1) is 14.2. The lowest BCUT2D eigenvalue weighted by Gasteiger charge is -2.05. The van der Waals surface area contributed by atoms with Crippen LogP contribution < -0.4 is 5.32 Å². The molecular formula is C23H21N5O. The Morgan fingerprint density at radius 2 is 2.10 bits per heavy atom. The number of fused-ring (bicyclic) bond motifs is 1. The fourth-order valence-electron chi connectivity index (χ4n) is 3.53. The van der Waals surface area contributed by atoms with Gasteiger partial charge in [-0.25, -0.2) is 0 Å². The molecule has 1 N–H and O–H groups in total. The average Bonchev–Trinajstić information content (AvgIpc) is 3.36. The van der Waals surface area contributed by atoms with Crippen LogP contribution >= 0.6 is 0 Å². The second kappa shape index (κ2) is 7.05. The minimum Gasteiger partial charge on any atom is -0.351 e. The van der Waals surface area contributed by atoms with Gasteiger partial charge in [-0.15, -0.1) is 0 Å². The first-order valence-electron chi connectivity index (χ1n) is 9.70. The van der Waals surface area contributed by atoms with Crippen molar-refractivity contribution in [3.8, 4) is 11.1 Å². The fourth-order valence-corrected chi connectivity index (χ4v) is 3.53. The molecule has 3 heterocycles. The number of aromatic nitrogens is 4. The number of carbonyl (C=O) groups excluding carboxylic acids is 1. The zero-order chi connectivity index (χ0) is 19.8. The highest BCUT2D eigenvalue weighted by atomic mass is 16.1. The molecular weight excluding hydrogens is 362 g/mol. The van der Waals surface area contributed by atoms with Crippen LogP contribution in [0.1, 0.15) is 24.4 Å². The highest BCUT2D eigenvalue weighted by Crippen LogP contribution is 2.35. The van der Waals surface area contributed by atoms with Crippen LogP contribution in [0.25, 0.3) is 28.1 Å². The number of aryl methyl sites for hydroxylation is 1. The number of amides is 1. The summed E-state index contributed by atoms with van der Waals surface area (Å²) < 4.78 is 4.08. The molecule has 1 aromatic carbocycles. The quantitative estimate of drug-likeness (QED) is 0.519. The molecule has 1 aliphatic carbocycles. The van der Waals surface area contributed by atoms with E-state index in [0.717, 1.165) is 33.3 Å². The van der Waals surface area contributed by atoms with Crippen LogP contribution in [0.5, 0.6) is 0 Å². The molecule has 6 nitrogen and oxygen atoms in total. The lowest BCUT2D eigenvalue weighted by molar-refractivity contribution is -0.111. The van der Waals surface area contributed by atoms with Crippen molar-refractivity contribution in [2.45, 2.75) is 18.9 Å². The molecule has 0 unspecified atom stereocenters. The first kappa shape index (κ1) is 17.4. The largest absolute Gasteiger partial charge is 0.351 e. The van der Waals surface area contributed by atoms with Gasteiger partial charge in [-0.2, -0.15) is 5.10 Å². The van der Waals surface area contributed by atoms with Crippen LogP contribution in [-0.2, 0) is 11.8 Å². The summed E-state index contributed by atoms with van der Waals surface area (Å²) in [6, 6.07) is 10.4. The van der Waals surface area contributed by atoms with E-state index in [-0.39, 0.29) is 5.91 Å². The van der Waals surface area contributed by atoms with Crippen molar-refractivity contribution in [1.82, 2.24) is 19.3 Å². The summed E-state index contributed by atoms with van der Waals surface area (Å²) in [5, 5.41) is 8.49. The standard InChI is InChI=1S/C23H21N5O/c1-27-11-9-16-12-19(3-6-22(16)27)26-23(29)7-2-17-13-24-10-8-21(17)18-14-25-28(15-18)20-4-5-20/h2-3,6-15,20H,4-5H2,1H3,(H,26,29)/b7-2+. The molecule has 0 aliphatic heterocycles. The van der Waals surface area contributed by atoms with Crippen LogP contribution in [0.3, 0.4) is 0 Å². The molecule has 0 spiro atoms. The molecule has 1 aliphatic rings. The van der Waals surface area contributed by atoms with Crippen molar-refractivity contribution in [1.29, 1.82) is 0 Å². The van der Waals surface area contributed by atoms with Gasteiger partial charge in [0.05, 0.1) is 12.2 Å². The monoisotopic (exact) mass is 383 g/mol. The number of anilines is 1. The van der Waals surface area contributed by atoms with Crippen LogP contribution in [0.2, 0.25) is 0 Å².